The van der Waals surface area contributed by atoms with Gasteiger partial charge in [-0.05, 0) is 65.7 Å². The van der Waals surface area contributed by atoms with Gasteiger partial charge in [-0.2, -0.15) is 0 Å². The molecule has 4 heterocycles. The van der Waals surface area contributed by atoms with Crippen LogP contribution in [0.1, 0.15) is 0 Å². The summed E-state index contributed by atoms with van der Waals surface area (Å²) in [4.78, 5) is 10.9. The summed E-state index contributed by atoms with van der Waals surface area (Å²) < 4.78 is 7.14. The van der Waals surface area contributed by atoms with Gasteiger partial charge >= 0.3 is 0 Å². The Morgan fingerprint density at radius 3 is 1.30 bits per heavy atom. The van der Waals surface area contributed by atoms with Crippen molar-refractivity contribution in [3.05, 3.63) is 224 Å². The Bertz CT molecular complexity index is 3830. The fourth-order valence-corrected chi connectivity index (χ4v) is 9.84. The first-order chi connectivity index (χ1) is 31.3. The molecule has 0 saturated heterocycles. The summed E-state index contributed by atoms with van der Waals surface area (Å²) in [5.41, 5.74) is 15.0. The van der Waals surface area contributed by atoms with Crippen LogP contribution in [0.15, 0.2) is 224 Å². The fraction of sp³-hybridized carbons (Fsp3) is 0. The summed E-state index contributed by atoms with van der Waals surface area (Å²) in [6.45, 7) is 0. The molecule has 0 unspecified atom stereocenters. The molecule has 0 N–H and O–H groups in total. The van der Waals surface area contributed by atoms with E-state index < -0.39 is 0 Å². The molecule has 5 nitrogen and oxygen atoms in total. The number of aromatic nitrogens is 5. The topological polar surface area (TPSA) is 40.6 Å². The average Bonchev–Trinajstić information content (AvgIpc) is 4.00. The Kier molecular flexibility index (Phi) is 7.84. The van der Waals surface area contributed by atoms with Gasteiger partial charge in [0.05, 0.1) is 44.5 Å². The van der Waals surface area contributed by atoms with Crippen molar-refractivity contribution in [2.45, 2.75) is 0 Å². The van der Waals surface area contributed by atoms with Crippen LogP contribution in [0.3, 0.4) is 0 Å². The minimum Gasteiger partial charge on any atom is -0.309 e. The molecule has 0 aliphatic carbocycles. The van der Waals surface area contributed by atoms with Gasteiger partial charge in [-0.1, -0.05) is 170 Å². The van der Waals surface area contributed by atoms with Crippen molar-refractivity contribution in [3.8, 4) is 51.0 Å². The number of hydrogen-bond donors (Lipinski definition) is 0. The monoisotopic (exact) mass is 803 g/mol. The number of hydrogen-bond acceptors (Lipinski definition) is 2. The minimum absolute atomic E-state index is 0.619. The molecule has 4 aromatic heterocycles. The van der Waals surface area contributed by atoms with E-state index in [0.29, 0.717) is 5.95 Å². The zero-order valence-electron chi connectivity index (χ0n) is 34.1. The standard InChI is InChI=1S/C58H37N5/c1-4-16-38(17-5-1)39-28-30-41(31-29-39)51-37-50(40-18-6-2-7-19-40)59-58(60-51)63-54-27-15-12-24-46(54)47-33-34-48-49-36-43(61-52-25-13-10-22-44(52)45-23-11-14-26-53(45)61)32-35-55(49)62(56(48)57(47)63)42-20-8-3-9-21-42/h1-37H. The Morgan fingerprint density at radius 2 is 0.683 bits per heavy atom. The van der Waals surface area contributed by atoms with Crippen molar-refractivity contribution in [2.24, 2.45) is 0 Å². The maximum atomic E-state index is 5.48. The lowest BCUT2D eigenvalue weighted by Gasteiger charge is -2.14. The summed E-state index contributed by atoms with van der Waals surface area (Å²) in [5.74, 6) is 0.619. The van der Waals surface area contributed by atoms with Crippen LogP contribution < -0.4 is 0 Å². The molecule has 13 rings (SSSR count). The van der Waals surface area contributed by atoms with Crippen LogP contribution in [0.2, 0.25) is 0 Å². The number of fused-ring (bicyclic) bond motifs is 10. The van der Waals surface area contributed by atoms with E-state index in [1.807, 2.05) is 6.07 Å². The molecule has 0 aliphatic heterocycles. The molecule has 0 atom stereocenters. The van der Waals surface area contributed by atoms with E-state index >= 15 is 0 Å². The molecule has 0 saturated carbocycles. The molecule has 0 fully saturated rings. The summed E-state index contributed by atoms with van der Waals surface area (Å²) >= 11 is 0. The second-order valence-corrected chi connectivity index (χ2v) is 16.2. The first kappa shape index (κ1) is 35.2. The SMILES string of the molecule is c1ccc(-c2ccc(-c3cc(-c4ccccc4)nc(-n4c5ccccc5c5ccc6c7cc(-n8c9ccccc9c9ccccc98)ccc7n(-c7ccccc7)c6c54)n3)cc2)cc1. The van der Waals surface area contributed by atoms with Crippen molar-refractivity contribution in [3.63, 3.8) is 0 Å². The predicted octanol–water partition coefficient (Wildman–Crippen LogP) is 14.8. The molecule has 5 heteroatoms. The van der Waals surface area contributed by atoms with Gasteiger partial charge in [0, 0.05) is 54.8 Å². The van der Waals surface area contributed by atoms with Crippen LogP contribution in [0.5, 0.6) is 0 Å². The lowest BCUT2D eigenvalue weighted by atomic mass is 10.0. The third-order valence-corrected chi connectivity index (χ3v) is 12.7. The van der Waals surface area contributed by atoms with Crippen molar-refractivity contribution >= 4 is 65.4 Å². The van der Waals surface area contributed by atoms with Gasteiger partial charge in [0.2, 0.25) is 5.95 Å². The van der Waals surface area contributed by atoms with E-state index in [0.717, 1.165) is 77.7 Å². The molecule has 9 aromatic carbocycles. The van der Waals surface area contributed by atoms with Crippen molar-refractivity contribution in [1.29, 1.82) is 0 Å². The predicted molar refractivity (Wildman–Crippen MR) is 261 cm³/mol. The van der Waals surface area contributed by atoms with Crippen LogP contribution in [0.25, 0.3) is 116 Å². The highest BCUT2D eigenvalue weighted by atomic mass is 15.2. The molecule has 0 aliphatic rings. The maximum absolute atomic E-state index is 5.48. The second-order valence-electron chi connectivity index (χ2n) is 16.2. The van der Waals surface area contributed by atoms with E-state index in [2.05, 4.69) is 232 Å². The van der Waals surface area contributed by atoms with E-state index in [1.165, 1.54) is 32.8 Å². The third-order valence-electron chi connectivity index (χ3n) is 12.7. The molecule has 0 spiro atoms. The minimum atomic E-state index is 0.619. The Morgan fingerprint density at radius 1 is 0.254 bits per heavy atom. The summed E-state index contributed by atoms with van der Waals surface area (Å²) in [7, 11) is 0. The van der Waals surface area contributed by atoms with Crippen LogP contribution in [0, 0.1) is 0 Å². The first-order valence-electron chi connectivity index (χ1n) is 21.4. The molecule has 0 bridgehead atoms. The molecule has 294 valence electrons. The highest BCUT2D eigenvalue weighted by Gasteiger charge is 2.24. The van der Waals surface area contributed by atoms with E-state index in [4.69, 9.17) is 9.97 Å². The zero-order valence-corrected chi connectivity index (χ0v) is 34.1. The van der Waals surface area contributed by atoms with Gasteiger partial charge in [-0.3, -0.25) is 4.57 Å². The second kappa shape index (κ2) is 14.0. The van der Waals surface area contributed by atoms with Crippen molar-refractivity contribution < 1.29 is 0 Å². The fourth-order valence-electron chi connectivity index (χ4n) is 9.84. The number of nitrogens with zero attached hydrogens (tertiary/aromatic N) is 5. The van der Waals surface area contributed by atoms with E-state index in [1.54, 1.807) is 0 Å². The summed E-state index contributed by atoms with van der Waals surface area (Å²) in [6, 6.07) is 80.2. The number of benzene rings is 9. The van der Waals surface area contributed by atoms with Gasteiger partial charge in [0.1, 0.15) is 0 Å². The Labute approximate surface area is 363 Å². The van der Waals surface area contributed by atoms with Crippen molar-refractivity contribution in [2.75, 3.05) is 0 Å². The lowest BCUT2D eigenvalue weighted by Crippen LogP contribution is -2.05. The van der Waals surface area contributed by atoms with Crippen LogP contribution in [-0.4, -0.2) is 23.7 Å². The number of rotatable bonds is 6. The quantitative estimate of drug-likeness (QED) is 0.168. The van der Waals surface area contributed by atoms with E-state index in [9.17, 15) is 0 Å². The first-order valence-corrected chi connectivity index (χ1v) is 21.4. The van der Waals surface area contributed by atoms with Gasteiger partial charge < -0.3 is 9.13 Å². The van der Waals surface area contributed by atoms with Gasteiger partial charge in [-0.25, -0.2) is 9.97 Å². The molecule has 13 aromatic rings. The normalized spacial score (nSPS) is 11.8. The molecular weight excluding hydrogens is 767 g/mol. The zero-order chi connectivity index (χ0) is 41.4. The van der Waals surface area contributed by atoms with E-state index in [-0.39, 0.29) is 0 Å². The average molecular weight is 804 g/mol. The summed E-state index contributed by atoms with van der Waals surface area (Å²) in [5, 5.41) is 7.11. The molecule has 0 radical (unpaired) electrons. The Hall–Kier alpha value is -8.54. The van der Waals surface area contributed by atoms with Gasteiger partial charge in [-0.15, -0.1) is 0 Å². The largest absolute Gasteiger partial charge is 0.309 e. The maximum Gasteiger partial charge on any atom is 0.235 e. The van der Waals surface area contributed by atoms with Crippen molar-refractivity contribution in [1.82, 2.24) is 23.7 Å². The van der Waals surface area contributed by atoms with Crippen LogP contribution in [0.4, 0.5) is 0 Å². The smallest absolute Gasteiger partial charge is 0.235 e. The highest BCUT2D eigenvalue weighted by molar-refractivity contribution is 6.24. The Balaban J connectivity index is 1.12. The highest BCUT2D eigenvalue weighted by Crippen LogP contribution is 2.43. The molecule has 0 amide bonds. The lowest BCUT2D eigenvalue weighted by molar-refractivity contribution is 0.995. The van der Waals surface area contributed by atoms with Gasteiger partial charge in [0.15, 0.2) is 0 Å². The molecular formula is C58H37N5. The number of para-hydroxylation sites is 4. The van der Waals surface area contributed by atoms with Gasteiger partial charge in [0.25, 0.3) is 0 Å². The van der Waals surface area contributed by atoms with Crippen LogP contribution in [-0.2, 0) is 0 Å². The molecule has 63 heavy (non-hydrogen) atoms. The van der Waals surface area contributed by atoms with Crippen LogP contribution >= 0.6 is 0 Å². The third kappa shape index (κ3) is 5.50. The summed E-state index contributed by atoms with van der Waals surface area (Å²) in [6.07, 6.45) is 0.